The molecule has 0 unspecified atom stereocenters. The van der Waals surface area contributed by atoms with Crippen LogP contribution in [-0.2, 0) is 28.0 Å². The zero-order valence-electron chi connectivity index (χ0n) is 15.3. The smallest absolute Gasteiger partial charge is 0.357 e. The topological polar surface area (TPSA) is 90.6 Å². The largest absolute Gasteiger partial charge is 0.394 e. The maximum absolute atomic E-state index is 13.0. The van der Waals surface area contributed by atoms with E-state index in [1.807, 2.05) is 13.8 Å². The molecule has 0 atom stereocenters. The van der Waals surface area contributed by atoms with Crippen molar-refractivity contribution in [1.29, 1.82) is 0 Å². The number of benzene rings is 1. The van der Waals surface area contributed by atoms with Crippen molar-refractivity contribution in [2.24, 2.45) is 0 Å². The first-order chi connectivity index (χ1) is 12.7. The molecule has 1 aromatic carbocycles. The summed E-state index contributed by atoms with van der Waals surface area (Å²) in [5, 5.41) is 9.36. The van der Waals surface area contributed by atoms with Crippen LogP contribution in [0.1, 0.15) is 38.2 Å². The van der Waals surface area contributed by atoms with Crippen LogP contribution in [0.25, 0.3) is 0 Å². The first-order valence-electron chi connectivity index (χ1n) is 8.38. The molecule has 0 radical (unpaired) electrons. The van der Waals surface area contributed by atoms with Gasteiger partial charge in [0, 0.05) is 28.7 Å². The molecule has 0 aliphatic heterocycles. The molecule has 0 saturated carbocycles. The number of rotatable bonds is 9. The van der Waals surface area contributed by atoms with Crippen molar-refractivity contribution in [2.75, 3.05) is 13.2 Å². The number of hydrogen-bond donors (Lipinski definition) is 1. The first-order valence-corrected chi connectivity index (χ1v) is 10.5. The van der Waals surface area contributed by atoms with Gasteiger partial charge in [-0.2, -0.15) is 8.42 Å². The minimum Gasteiger partial charge on any atom is -0.394 e. The van der Waals surface area contributed by atoms with Gasteiger partial charge in [0.05, 0.1) is 18.9 Å². The maximum atomic E-state index is 13.0. The lowest BCUT2D eigenvalue weighted by Crippen LogP contribution is -2.18. The van der Waals surface area contributed by atoms with E-state index in [2.05, 4.69) is 4.98 Å². The molecular weight excluding hydrogens is 415 g/mol. The van der Waals surface area contributed by atoms with Gasteiger partial charge in [-0.3, -0.25) is 0 Å². The molecule has 0 amide bonds. The number of ether oxygens (including phenoxy) is 1. The number of halogens is 2. The number of aliphatic hydroxyl groups excluding tert-OH is 1. The van der Waals surface area contributed by atoms with E-state index in [9.17, 15) is 8.42 Å². The van der Waals surface area contributed by atoms with Gasteiger partial charge >= 0.3 is 10.1 Å². The van der Waals surface area contributed by atoms with Crippen molar-refractivity contribution >= 4 is 33.3 Å². The van der Waals surface area contributed by atoms with E-state index in [1.165, 1.54) is 22.8 Å². The van der Waals surface area contributed by atoms with E-state index in [0.29, 0.717) is 18.1 Å². The van der Waals surface area contributed by atoms with Crippen molar-refractivity contribution in [3.05, 3.63) is 39.8 Å². The van der Waals surface area contributed by atoms with Crippen LogP contribution in [0.2, 0.25) is 10.0 Å². The minimum absolute atomic E-state index is 0.0177. The van der Waals surface area contributed by atoms with Crippen LogP contribution in [0.4, 0.5) is 0 Å². The number of hydrogen-bond acceptors (Lipinski definition) is 6. The second-order valence-corrected chi connectivity index (χ2v) is 8.37. The highest BCUT2D eigenvalue weighted by atomic mass is 35.5. The summed E-state index contributed by atoms with van der Waals surface area (Å²) in [6.45, 7) is 5.92. The predicted octanol–water partition coefficient (Wildman–Crippen LogP) is 3.61. The molecule has 0 aliphatic rings. The van der Waals surface area contributed by atoms with Crippen molar-refractivity contribution < 1.29 is 22.4 Å². The Kier molecular flexibility index (Phi) is 7.53. The molecule has 7 nitrogen and oxygen atoms in total. The van der Waals surface area contributed by atoms with Gasteiger partial charge in [-0.15, -0.1) is 0 Å². The summed E-state index contributed by atoms with van der Waals surface area (Å²) in [6.07, 6.45) is 0. The van der Waals surface area contributed by atoms with Crippen LogP contribution in [0, 0.1) is 0 Å². The van der Waals surface area contributed by atoms with E-state index in [-0.39, 0.29) is 46.6 Å². The summed E-state index contributed by atoms with van der Waals surface area (Å²) in [7, 11) is -4.20. The monoisotopic (exact) mass is 436 g/mol. The van der Waals surface area contributed by atoms with Gasteiger partial charge in [-0.1, -0.05) is 37.0 Å². The average Bonchev–Trinajstić information content (AvgIpc) is 2.93. The molecule has 150 valence electrons. The van der Waals surface area contributed by atoms with Gasteiger partial charge in [0.15, 0.2) is 5.03 Å². The normalized spacial score (nSPS) is 12.0. The second-order valence-electron chi connectivity index (χ2n) is 6.04. The van der Waals surface area contributed by atoms with E-state index < -0.39 is 10.1 Å². The molecule has 10 heteroatoms. The molecule has 0 fully saturated rings. The Balaban J connectivity index is 2.49. The molecule has 1 aromatic heterocycles. The van der Waals surface area contributed by atoms with E-state index in [0.717, 1.165) is 0 Å². The molecule has 1 heterocycles. The van der Waals surface area contributed by atoms with Crippen LogP contribution in [-0.4, -0.2) is 36.3 Å². The third kappa shape index (κ3) is 5.36. The Morgan fingerprint density at radius 2 is 1.85 bits per heavy atom. The highest BCUT2D eigenvalue weighted by Gasteiger charge is 2.31. The second kappa shape index (κ2) is 9.25. The summed E-state index contributed by atoms with van der Waals surface area (Å²) in [6, 6.07) is 4.23. The summed E-state index contributed by atoms with van der Waals surface area (Å²) in [5.74, 6) is 0.302. The first kappa shape index (κ1) is 22.0. The van der Waals surface area contributed by atoms with Gasteiger partial charge in [-0.25, -0.2) is 4.98 Å². The molecule has 0 saturated heterocycles. The molecular formula is C17H22Cl2N2O5S. The molecule has 27 heavy (non-hydrogen) atoms. The number of nitrogens with zero attached hydrogens (tertiary/aromatic N) is 2. The van der Waals surface area contributed by atoms with Crippen molar-refractivity contribution in [1.82, 2.24) is 9.55 Å². The maximum Gasteiger partial charge on any atom is 0.357 e. The zero-order valence-corrected chi connectivity index (χ0v) is 17.6. The fraction of sp³-hybridized carbons (Fsp3) is 0.471. The Morgan fingerprint density at radius 1 is 1.22 bits per heavy atom. The third-order valence-electron chi connectivity index (χ3n) is 3.63. The Bertz CT molecular complexity index is 877. The fourth-order valence-electron chi connectivity index (χ4n) is 2.55. The molecule has 0 bridgehead atoms. The Labute approximate surface area is 169 Å². The van der Waals surface area contributed by atoms with Gasteiger partial charge in [-0.05, 0) is 18.9 Å². The molecule has 2 rings (SSSR count). The number of aliphatic hydroxyl groups is 1. The SMILES string of the molecule is CCn1c(COCCO)nc(C(C)C)c1S(=O)(=O)Oc1cc(Cl)cc(Cl)c1. The summed E-state index contributed by atoms with van der Waals surface area (Å²) in [4.78, 5) is 4.44. The third-order valence-corrected chi connectivity index (χ3v) is 5.39. The lowest BCUT2D eigenvalue weighted by molar-refractivity contribution is 0.0757. The Morgan fingerprint density at radius 3 is 2.37 bits per heavy atom. The van der Waals surface area contributed by atoms with E-state index in [1.54, 1.807) is 6.92 Å². The van der Waals surface area contributed by atoms with Crippen LogP contribution >= 0.6 is 23.2 Å². The molecule has 0 aliphatic carbocycles. The molecule has 1 N–H and O–H groups in total. The van der Waals surface area contributed by atoms with Gasteiger partial charge < -0.3 is 18.6 Å². The number of imidazole rings is 1. The van der Waals surface area contributed by atoms with Crippen molar-refractivity contribution in [2.45, 2.75) is 44.9 Å². The fourth-order valence-corrected chi connectivity index (χ4v) is 4.53. The molecule has 2 aromatic rings. The minimum atomic E-state index is -4.20. The van der Waals surface area contributed by atoms with Crippen LogP contribution in [0.5, 0.6) is 5.75 Å². The van der Waals surface area contributed by atoms with E-state index in [4.69, 9.17) is 37.2 Å². The highest BCUT2D eigenvalue weighted by Crippen LogP contribution is 2.30. The summed E-state index contributed by atoms with van der Waals surface area (Å²) < 4.78 is 38.2. The standard InChI is InChI=1S/C17H22Cl2N2O5S/c1-4-21-15(10-25-6-5-22)20-16(11(2)3)17(21)27(23,24)26-14-8-12(18)7-13(19)9-14/h7-9,11,22H,4-6,10H2,1-3H3. The van der Waals surface area contributed by atoms with Crippen molar-refractivity contribution in [3.63, 3.8) is 0 Å². The van der Waals surface area contributed by atoms with Gasteiger partial charge in [0.2, 0.25) is 0 Å². The lowest BCUT2D eigenvalue weighted by Gasteiger charge is -2.13. The molecule has 0 spiro atoms. The quantitative estimate of drug-likeness (QED) is 0.476. The van der Waals surface area contributed by atoms with E-state index >= 15 is 0 Å². The van der Waals surface area contributed by atoms with Crippen LogP contribution < -0.4 is 4.18 Å². The van der Waals surface area contributed by atoms with Crippen molar-refractivity contribution in [3.8, 4) is 5.75 Å². The van der Waals surface area contributed by atoms with Crippen LogP contribution in [0.15, 0.2) is 23.2 Å². The van der Waals surface area contributed by atoms with Gasteiger partial charge in [0.1, 0.15) is 18.2 Å². The van der Waals surface area contributed by atoms with Crippen LogP contribution in [0.3, 0.4) is 0 Å². The zero-order chi connectivity index (χ0) is 20.2. The number of aromatic nitrogens is 2. The predicted molar refractivity (Wildman–Crippen MR) is 103 cm³/mol. The summed E-state index contributed by atoms with van der Waals surface area (Å²) >= 11 is 11.9. The highest BCUT2D eigenvalue weighted by molar-refractivity contribution is 7.87. The lowest BCUT2D eigenvalue weighted by atomic mass is 10.1. The van der Waals surface area contributed by atoms with Gasteiger partial charge in [0.25, 0.3) is 0 Å². The summed E-state index contributed by atoms with van der Waals surface area (Å²) in [5.41, 5.74) is 0.382. The Hall–Kier alpha value is -1.32. The average molecular weight is 437 g/mol.